The summed E-state index contributed by atoms with van der Waals surface area (Å²) < 4.78 is 5.85. The smallest absolute Gasteiger partial charge is 0.306 e. The van der Waals surface area contributed by atoms with Crippen LogP contribution in [0.15, 0.2) is 48.6 Å². The number of hydrogen-bond acceptors (Lipinski definition) is 5. The Morgan fingerprint density at radius 1 is 0.536 bits per heavy atom. The molecule has 0 fully saturated rings. The molecule has 1 amide bonds. The maximum absolute atomic E-state index is 13.1. The number of hydrogen-bond donors (Lipinski definition) is 3. The Kier molecular flexibility index (Phi) is 42.2. The van der Waals surface area contributed by atoms with Crippen LogP contribution in [0.25, 0.3) is 0 Å². The second-order valence-corrected chi connectivity index (χ2v) is 16.2. The molecule has 6 nitrogen and oxygen atoms in total. The lowest BCUT2D eigenvalue weighted by molar-refractivity contribution is -0.150. The van der Waals surface area contributed by atoms with Crippen molar-refractivity contribution in [3.8, 4) is 0 Å². The SMILES string of the molecule is CCCCC/C=C\C/C=C\C/C=C\C/C=C\CC(CC(=O)NC(CO)C(O)CCCCCCCCCCC)OC(=O)CCCCCCCCCCCCCCC. The van der Waals surface area contributed by atoms with Crippen LogP contribution in [-0.4, -0.2) is 46.9 Å². The van der Waals surface area contributed by atoms with Crippen molar-refractivity contribution in [1.29, 1.82) is 0 Å². The first-order valence-electron chi connectivity index (χ1n) is 23.9. The zero-order chi connectivity index (χ0) is 41.0. The summed E-state index contributed by atoms with van der Waals surface area (Å²) >= 11 is 0. The van der Waals surface area contributed by atoms with Gasteiger partial charge >= 0.3 is 5.97 Å². The molecule has 0 saturated carbocycles. The Labute approximate surface area is 346 Å². The second kappa shape index (κ2) is 43.9. The fraction of sp³-hybridized carbons (Fsp3) is 0.800. The van der Waals surface area contributed by atoms with Gasteiger partial charge in [-0.3, -0.25) is 9.59 Å². The number of ether oxygens (including phenoxy) is 1. The van der Waals surface area contributed by atoms with Crippen LogP contribution in [-0.2, 0) is 14.3 Å². The van der Waals surface area contributed by atoms with E-state index >= 15 is 0 Å². The van der Waals surface area contributed by atoms with Crippen LogP contribution in [0.5, 0.6) is 0 Å². The second-order valence-electron chi connectivity index (χ2n) is 16.2. The molecule has 0 aliphatic rings. The van der Waals surface area contributed by atoms with Crippen LogP contribution in [0.1, 0.15) is 233 Å². The van der Waals surface area contributed by atoms with Crippen LogP contribution < -0.4 is 5.32 Å². The number of aliphatic hydroxyl groups is 2. The first kappa shape index (κ1) is 53.8. The first-order chi connectivity index (χ1) is 27.5. The lowest BCUT2D eigenvalue weighted by Crippen LogP contribution is -2.46. The van der Waals surface area contributed by atoms with Gasteiger partial charge in [-0.15, -0.1) is 0 Å². The normalized spacial score (nSPS) is 13.7. The molecule has 0 aliphatic carbocycles. The highest BCUT2D eigenvalue weighted by Crippen LogP contribution is 2.16. The fourth-order valence-electron chi connectivity index (χ4n) is 7.00. The number of rotatable bonds is 42. The highest BCUT2D eigenvalue weighted by atomic mass is 16.5. The summed E-state index contributed by atoms with van der Waals surface area (Å²) in [6.07, 6.45) is 51.9. The summed E-state index contributed by atoms with van der Waals surface area (Å²) in [4.78, 5) is 26.0. The molecule has 0 radical (unpaired) electrons. The molecule has 326 valence electrons. The van der Waals surface area contributed by atoms with Crippen LogP contribution >= 0.6 is 0 Å². The van der Waals surface area contributed by atoms with Crippen molar-refractivity contribution < 1.29 is 24.5 Å². The molecule has 3 N–H and O–H groups in total. The maximum atomic E-state index is 13.1. The zero-order valence-corrected chi connectivity index (χ0v) is 37.0. The van der Waals surface area contributed by atoms with Crippen molar-refractivity contribution in [2.24, 2.45) is 0 Å². The summed E-state index contributed by atoms with van der Waals surface area (Å²) in [6, 6.07) is -0.727. The molecule has 56 heavy (non-hydrogen) atoms. The Morgan fingerprint density at radius 3 is 1.43 bits per heavy atom. The standard InChI is InChI=1S/C50H91NO5/c1-4-7-10-13-16-19-21-23-24-26-27-30-32-35-38-41-46(56-50(55)43-40-37-34-31-28-25-22-20-17-14-11-8-5-2)44-49(54)51-47(45-52)48(53)42-39-36-33-29-18-15-12-9-6-3/h16,19,23-24,27,30,35,38,46-48,52-53H,4-15,17-18,20-22,25-26,28-29,31-34,36-37,39-45H2,1-3H3,(H,51,54)/b19-16-,24-23-,30-27-,38-35-. The van der Waals surface area contributed by atoms with E-state index in [9.17, 15) is 19.8 Å². The van der Waals surface area contributed by atoms with E-state index in [0.29, 0.717) is 19.3 Å². The third-order valence-electron chi connectivity index (χ3n) is 10.7. The van der Waals surface area contributed by atoms with Crippen LogP contribution in [0.2, 0.25) is 0 Å². The van der Waals surface area contributed by atoms with Crippen molar-refractivity contribution in [3.63, 3.8) is 0 Å². The number of unbranched alkanes of at least 4 members (excludes halogenated alkanes) is 23. The number of allylic oxidation sites excluding steroid dienone is 7. The number of esters is 1. The molecule has 0 aromatic carbocycles. The predicted octanol–water partition coefficient (Wildman–Crippen LogP) is 13.9. The van der Waals surface area contributed by atoms with Gasteiger partial charge in [0.2, 0.25) is 5.91 Å². The molecular weight excluding hydrogens is 695 g/mol. The van der Waals surface area contributed by atoms with E-state index < -0.39 is 18.2 Å². The summed E-state index contributed by atoms with van der Waals surface area (Å²) in [5.74, 6) is -0.573. The van der Waals surface area contributed by atoms with Gasteiger partial charge in [-0.05, 0) is 44.9 Å². The average Bonchev–Trinajstić information content (AvgIpc) is 3.19. The Hall–Kier alpha value is -2.18. The van der Waals surface area contributed by atoms with Gasteiger partial charge in [0, 0.05) is 12.8 Å². The maximum Gasteiger partial charge on any atom is 0.306 e. The van der Waals surface area contributed by atoms with E-state index in [-0.39, 0.29) is 24.9 Å². The monoisotopic (exact) mass is 786 g/mol. The zero-order valence-electron chi connectivity index (χ0n) is 37.0. The van der Waals surface area contributed by atoms with Crippen molar-refractivity contribution >= 4 is 11.9 Å². The van der Waals surface area contributed by atoms with Gasteiger partial charge in [-0.1, -0.05) is 217 Å². The first-order valence-corrected chi connectivity index (χ1v) is 23.9. The number of nitrogens with one attached hydrogen (secondary N) is 1. The highest BCUT2D eigenvalue weighted by Gasteiger charge is 2.23. The largest absolute Gasteiger partial charge is 0.461 e. The summed E-state index contributed by atoms with van der Waals surface area (Å²) in [5, 5.41) is 23.6. The van der Waals surface area contributed by atoms with Crippen LogP contribution in [0.3, 0.4) is 0 Å². The van der Waals surface area contributed by atoms with Crippen molar-refractivity contribution in [2.45, 2.75) is 251 Å². The molecule has 0 heterocycles. The number of carbonyl (C=O) groups is 2. The quantitative estimate of drug-likeness (QED) is 0.0325. The summed E-state index contributed by atoms with van der Waals surface area (Å²) in [6.45, 7) is 6.40. The highest BCUT2D eigenvalue weighted by molar-refractivity contribution is 5.77. The molecule has 0 spiro atoms. The molecule has 0 aromatic rings. The van der Waals surface area contributed by atoms with Crippen LogP contribution in [0.4, 0.5) is 0 Å². The Morgan fingerprint density at radius 2 is 0.946 bits per heavy atom. The lowest BCUT2D eigenvalue weighted by atomic mass is 10.0. The van der Waals surface area contributed by atoms with Crippen molar-refractivity contribution in [3.05, 3.63) is 48.6 Å². The Balaban J connectivity index is 4.74. The molecule has 0 rings (SSSR count). The van der Waals surface area contributed by atoms with E-state index in [0.717, 1.165) is 57.8 Å². The fourth-order valence-corrected chi connectivity index (χ4v) is 7.00. The third-order valence-corrected chi connectivity index (χ3v) is 10.7. The molecule has 3 unspecified atom stereocenters. The molecule has 0 bridgehead atoms. The van der Waals surface area contributed by atoms with Gasteiger partial charge in [-0.2, -0.15) is 0 Å². The minimum absolute atomic E-state index is 0.00359. The summed E-state index contributed by atoms with van der Waals surface area (Å²) in [7, 11) is 0. The van der Waals surface area contributed by atoms with Gasteiger partial charge < -0.3 is 20.3 Å². The summed E-state index contributed by atoms with van der Waals surface area (Å²) in [5.41, 5.74) is 0. The van der Waals surface area contributed by atoms with Gasteiger partial charge in [0.15, 0.2) is 0 Å². The number of carbonyl (C=O) groups excluding carboxylic acids is 2. The predicted molar refractivity (Wildman–Crippen MR) is 241 cm³/mol. The lowest BCUT2D eigenvalue weighted by Gasteiger charge is -2.24. The van der Waals surface area contributed by atoms with E-state index in [2.05, 4.69) is 68.6 Å². The van der Waals surface area contributed by atoms with E-state index in [1.165, 1.54) is 128 Å². The van der Waals surface area contributed by atoms with Gasteiger partial charge in [0.1, 0.15) is 6.10 Å². The van der Waals surface area contributed by atoms with E-state index in [1.54, 1.807) is 0 Å². The minimum atomic E-state index is -0.807. The number of amides is 1. The van der Waals surface area contributed by atoms with Gasteiger partial charge in [-0.25, -0.2) is 0 Å². The average molecular weight is 786 g/mol. The van der Waals surface area contributed by atoms with E-state index in [4.69, 9.17) is 4.74 Å². The van der Waals surface area contributed by atoms with Crippen LogP contribution in [0, 0.1) is 0 Å². The molecule has 6 heteroatoms. The topological polar surface area (TPSA) is 95.9 Å². The van der Waals surface area contributed by atoms with Gasteiger partial charge in [0.25, 0.3) is 0 Å². The molecule has 0 saturated heterocycles. The molecule has 0 aromatic heterocycles. The van der Waals surface area contributed by atoms with Gasteiger partial charge in [0.05, 0.1) is 25.2 Å². The van der Waals surface area contributed by atoms with Crippen molar-refractivity contribution in [1.82, 2.24) is 5.32 Å². The molecule has 0 aliphatic heterocycles. The van der Waals surface area contributed by atoms with Crippen molar-refractivity contribution in [2.75, 3.05) is 6.61 Å². The minimum Gasteiger partial charge on any atom is -0.461 e. The molecular formula is C50H91NO5. The number of aliphatic hydroxyl groups excluding tert-OH is 2. The Bertz CT molecular complexity index is 972. The van der Waals surface area contributed by atoms with E-state index in [1.807, 2.05) is 6.08 Å². The molecule has 3 atom stereocenters. The third kappa shape index (κ3) is 38.7.